The smallest absolute Gasteiger partial charge is 0.335 e. The highest BCUT2D eigenvalue weighted by Gasteiger charge is 2.33. The lowest BCUT2D eigenvalue weighted by Crippen LogP contribution is -2.32. The summed E-state index contributed by atoms with van der Waals surface area (Å²) in [6.07, 6.45) is 1.94. The van der Waals surface area contributed by atoms with Crippen molar-refractivity contribution in [2.75, 3.05) is 7.11 Å². The van der Waals surface area contributed by atoms with Crippen LogP contribution in [0.5, 0.6) is 5.75 Å². The van der Waals surface area contributed by atoms with E-state index in [2.05, 4.69) is 0 Å². The van der Waals surface area contributed by atoms with E-state index in [4.69, 9.17) is 9.84 Å². The molecule has 1 N–H and O–H groups in total. The highest BCUT2D eigenvalue weighted by molar-refractivity contribution is 5.97. The van der Waals surface area contributed by atoms with Crippen molar-refractivity contribution in [2.45, 2.75) is 25.4 Å². The second-order valence-electron chi connectivity index (χ2n) is 5.86. The molecule has 2 aromatic rings. The van der Waals surface area contributed by atoms with Crippen LogP contribution in [0.3, 0.4) is 0 Å². The molecule has 0 radical (unpaired) electrons. The summed E-state index contributed by atoms with van der Waals surface area (Å²) in [5.41, 5.74) is 1.46. The summed E-state index contributed by atoms with van der Waals surface area (Å²) in [7, 11) is 1.61. The number of para-hydroxylation sites is 1. The number of ether oxygens (including phenoxy) is 1. The zero-order valence-electron chi connectivity index (χ0n) is 13.4. The highest BCUT2D eigenvalue weighted by atomic mass is 16.5. The number of carboxylic acid groups (broad SMARTS) is 1. The number of carboxylic acids is 1. The summed E-state index contributed by atoms with van der Waals surface area (Å²) in [6.45, 7) is 0.449. The summed E-state index contributed by atoms with van der Waals surface area (Å²) < 4.78 is 5.37. The average molecular weight is 325 g/mol. The van der Waals surface area contributed by atoms with Crippen LogP contribution < -0.4 is 4.74 Å². The number of carbonyl (C=O) groups is 2. The van der Waals surface area contributed by atoms with Gasteiger partial charge in [0.15, 0.2) is 0 Å². The largest absolute Gasteiger partial charge is 0.496 e. The van der Waals surface area contributed by atoms with Gasteiger partial charge in [0.25, 0.3) is 5.91 Å². The maximum Gasteiger partial charge on any atom is 0.335 e. The molecule has 124 valence electrons. The molecule has 1 fully saturated rings. The first-order valence-electron chi connectivity index (χ1n) is 7.86. The van der Waals surface area contributed by atoms with E-state index < -0.39 is 5.97 Å². The number of aromatic carboxylic acids is 1. The maximum absolute atomic E-state index is 12.9. The quantitative estimate of drug-likeness (QED) is 0.885. The van der Waals surface area contributed by atoms with E-state index in [9.17, 15) is 9.59 Å². The minimum atomic E-state index is -1.03. The van der Waals surface area contributed by atoms with Gasteiger partial charge in [0.2, 0.25) is 0 Å². The van der Waals surface area contributed by atoms with Crippen LogP contribution >= 0.6 is 0 Å². The minimum Gasteiger partial charge on any atom is -0.496 e. The van der Waals surface area contributed by atoms with Crippen LogP contribution in [0.2, 0.25) is 0 Å². The Kier molecular flexibility index (Phi) is 4.51. The van der Waals surface area contributed by atoms with Gasteiger partial charge < -0.3 is 14.7 Å². The fourth-order valence-corrected chi connectivity index (χ4v) is 2.72. The lowest BCUT2D eigenvalue weighted by molar-refractivity contribution is 0.0697. The number of carbonyl (C=O) groups excluding carboxylic acids is 1. The number of methoxy groups -OCH3 is 1. The van der Waals surface area contributed by atoms with Gasteiger partial charge in [-0.15, -0.1) is 0 Å². The molecule has 0 spiro atoms. The maximum atomic E-state index is 12.9. The molecule has 0 heterocycles. The Morgan fingerprint density at radius 2 is 1.83 bits per heavy atom. The summed E-state index contributed by atoms with van der Waals surface area (Å²) in [5.74, 6) is -0.436. The van der Waals surface area contributed by atoms with Crippen LogP contribution in [0.1, 0.15) is 39.1 Å². The van der Waals surface area contributed by atoms with Crippen LogP contribution in [-0.2, 0) is 6.54 Å². The fraction of sp³-hybridized carbons (Fsp3) is 0.263. The van der Waals surface area contributed by atoms with Crippen molar-refractivity contribution in [1.82, 2.24) is 4.90 Å². The molecule has 0 aromatic heterocycles. The van der Waals surface area contributed by atoms with E-state index in [1.165, 1.54) is 12.1 Å². The normalized spacial score (nSPS) is 13.4. The van der Waals surface area contributed by atoms with E-state index in [1.807, 2.05) is 24.3 Å². The molecule has 1 aliphatic carbocycles. The second-order valence-corrected chi connectivity index (χ2v) is 5.86. The van der Waals surface area contributed by atoms with Gasteiger partial charge in [-0.25, -0.2) is 4.79 Å². The third-order valence-corrected chi connectivity index (χ3v) is 4.14. The minimum absolute atomic E-state index is 0.119. The molecule has 0 saturated heterocycles. The number of benzene rings is 2. The Balaban J connectivity index is 1.87. The van der Waals surface area contributed by atoms with Gasteiger partial charge >= 0.3 is 5.97 Å². The molecule has 0 unspecified atom stereocenters. The van der Waals surface area contributed by atoms with Crippen LogP contribution in [0.25, 0.3) is 0 Å². The van der Waals surface area contributed by atoms with Gasteiger partial charge in [-0.2, -0.15) is 0 Å². The summed E-state index contributed by atoms with van der Waals surface area (Å²) >= 11 is 0. The molecule has 1 saturated carbocycles. The standard InChI is InChI=1S/C19H19NO4/c1-24-17-8-3-2-5-15(17)12-20(16-9-10-16)18(21)13-6-4-7-14(11-13)19(22)23/h2-8,11,16H,9-10,12H2,1H3,(H,22,23). The molecule has 1 amide bonds. The monoisotopic (exact) mass is 325 g/mol. The predicted octanol–water partition coefficient (Wildman–Crippen LogP) is 3.20. The number of amides is 1. The lowest BCUT2D eigenvalue weighted by Gasteiger charge is -2.24. The first kappa shape index (κ1) is 16.1. The number of rotatable bonds is 6. The third kappa shape index (κ3) is 3.40. The summed E-state index contributed by atoms with van der Waals surface area (Å²) in [4.78, 5) is 25.8. The topological polar surface area (TPSA) is 66.8 Å². The molecule has 24 heavy (non-hydrogen) atoms. The van der Waals surface area contributed by atoms with E-state index >= 15 is 0 Å². The van der Waals surface area contributed by atoms with Gasteiger partial charge in [0.05, 0.1) is 12.7 Å². The molecular weight excluding hydrogens is 306 g/mol. The second kappa shape index (κ2) is 6.74. The molecule has 5 nitrogen and oxygen atoms in total. The van der Waals surface area contributed by atoms with Gasteiger partial charge in [0.1, 0.15) is 5.75 Å². The molecule has 1 aliphatic rings. The molecule has 3 rings (SSSR count). The lowest BCUT2D eigenvalue weighted by atomic mass is 10.1. The van der Waals surface area contributed by atoms with Crippen molar-refractivity contribution >= 4 is 11.9 Å². The van der Waals surface area contributed by atoms with E-state index in [0.29, 0.717) is 12.1 Å². The average Bonchev–Trinajstić information content (AvgIpc) is 3.44. The fourth-order valence-electron chi connectivity index (χ4n) is 2.72. The Bertz CT molecular complexity index is 767. The van der Waals surface area contributed by atoms with Crippen molar-refractivity contribution in [3.05, 3.63) is 65.2 Å². The number of hydrogen-bond donors (Lipinski definition) is 1. The van der Waals surface area contributed by atoms with E-state index in [-0.39, 0.29) is 17.5 Å². The third-order valence-electron chi connectivity index (χ3n) is 4.14. The van der Waals surface area contributed by atoms with Crippen molar-refractivity contribution in [3.63, 3.8) is 0 Å². The highest BCUT2D eigenvalue weighted by Crippen LogP contribution is 2.31. The predicted molar refractivity (Wildman–Crippen MR) is 89.3 cm³/mol. The van der Waals surface area contributed by atoms with Crippen LogP contribution in [0.15, 0.2) is 48.5 Å². The Hall–Kier alpha value is -2.82. The van der Waals surface area contributed by atoms with E-state index in [1.54, 1.807) is 24.1 Å². The first-order valence-corrected chi connectivity index (χ1v) is 7.86. The van der Waals surface area contributed by atoms with Crippen molar-refractivity contribution < 1.29 is 19.4 Å². The van der Waals surface area contributed by atoms with Crippen LogP contribution in [-0.4, -0.2) is 35.0 Å². The molecule has 0 atom stereocenters. The Morgan fingerprint density at radius 1 is 1.12 bits per heavy atom. The molecule has 0 bridgehead atoms. The zero-order chi connectivity index (χ0) is 17.1. The summed E-state index contributed by atoms with van der Waals surface area (Å²) in [6, 6.07) is 14.0. The van der Waals surface area contributed by atoms with Crippen molar-refractivity contribution in [2.24, 2.45) is 0 Å². The van der Waals surface area contributed by atoms with Gasteiger partial charge in [-0.05, 0) is 37.1 Å². The summed E-state index contributed by atoms with van der Waals surface area (Å²) in [5, 5.41) is 9.11. The molecular formula is C19H19NO4. The van der Waals surface area contributed by atoms with Gasteiger partial charge in [-0.1, -0.05) is 24.3 Å². The van der Waals surface area contributed by atoms with Crippen LogP contribution in [0, 0.1) is 0 Å². The van der Waals surface area contributed by atoms with Crippen LogP contribution in [0.4, 0.5) is 0 Å². The zero-order valence-corrected chi connectivity index (χ0v) is 13.4. The Labute approximate surface area is 140 Å². The molecule has 0 aliphatic heterocycles. The van der Waals surface area contributed by atoms with Gasteiger partial charge in [0, 0.05) is 23.7 Å². The van der Waals surface area contributed by atoms with Crippen molar-refractivity contribution in [3.8, 4) is 5.75 Å². The van der Waals surface area contributed by atoms with E-state index in [0.717, 1.165) is 24.2 Å². The number of nitrogens with zero attached hydrogens (tertiary/aromatic N) is 1. The van der Waals surface area contributed by atoms with Gasteiger partial charge in [-0.3, -0.25) is 4.79 Å². The first-order chi connectivity index (χ1) is 11.6. The number of hydrogen-bond acceptors (Lipinski definition) is 3. The van der Waals surface area contributed by atoms with Crippen molar-refractivity contribution in [1.29, 1.82) is 0 Å². The molecule has 2 aromatic carbocycles. The molecule has 5 heteroatoms. The SMILES string of the molecule is COc1ccccc1CN(C(=O)c1cccc(C(=O)O)c1)C1CC1. The Morgan fingerprint density at radius 3 is 2.50 bits per heavy atom.